The predicted octanol–water partition coefficient (Wildman–Crippen LogP) is 4.69. The number of rotatable bonds is 0. The molecule has 21 rings (SSSR count). The van der Waals surface area contributed by atoms with Crippen LogP contribution >= 0.6 is 0 Å². The van der Waals surface area contributed by atoms with Gasteiger partial charge in [0.05, 0.1) is 211 Å². The molecule has 17 heterocycles. The Morgan fingerprint density at radius 3 is 0.412 bits per heavy atom. The third-order valence-corrected chi connectivity index (χ3v) is 25.2. The third kappa shape index (κ3) is 29.9. The van der Waals surface area contributed by atoms with Crippen molar-refractivity contribution in [3.8, 4) is 91.5 Å². The number of aromatic nitrogens is 8. The van der Waals surface area contributed by atoms with Gasteiger partial charge in [0.2, 0.25) is 0 Å². The maximum Gasteiger partial charge on any atom is 0.164 e. The number of fused-ring (bicyclic) bond motifs is 92. The molecule has 7 aromatic rings. The molecule has 0 spiro atoms. The highest BCUT2D eigenvalue weighted by Crippen LogP contribution is 2.47. The van der Waals surface area contributed by atoms with Crippen LogP contribution in [0.3, 0.4) is 0 Å². The first-order chi connectivity index (χ1) is 67.5. The summed E-state index contributed by atoms with van der Waals surface area (Å²) < 4.78 is 155. The Hall–Kier alpha value is -8.32. The maximum atomic E-state index is 7.07. The molecule has 0 unspecified atom stereocenters. The molecular formula is C96H138N16O24. The fourth-order valence-electron chi connectivity index (χ4n) is 17.4. The molecule has 4 aromatic carbocycles. The van der Waals surface area contributed by atoms with Crippen molar-refractivity contribution >= 4 is 44.1 Å². The van der Waals surface area contributed by atoms with Gasteiger partial charge in [-0.15, -0.1) is 0 Å². The number of hydrogen-bond acceptors (Lipinski definition) is 38. The number of nitrogens with zero attached hydrogens (tertiary/aromatic N) is 14. The molecule has 4 fully saturated rings. The first-order valence-electron chi connectivity index (χ1n) is 49.1. The first-order valence-corrected chi connectivity index (χ1v) is 49.1. The Balaban J connectivity index is 0.879. The van der Waals surface area contributed by atoms with Gasteiger partial charge >= 0.3 is 0 Å². The average molecular weight is 1900 g/mol. The average Bonchev–Trinajstić information content (AvgIpc) is 1.59. The summed E-state index contributed by atoms with van der Waals surface area (Å²) in [6.45, 7) is 32.2. The molecule has 14 aliphatic rings. The number of nitrogens with one attached hydrogen (secondary N) is 2. The lowest BCUT2D eigenvalue weighted by molar-refractivity contribution is 0.00506. The number of aromatic amines is 2. The summed E-state index contributed by atoms with van der Waals surface area (Å²) >= 11 is 0. The summed E-state index contributed by atoms with van der Waals surface area (Å²) in [5.41, 5.74) is 4.04. The fraction of sp³-hybridized carbons (Fsp3) is 0.667. The van der Waals surface area contributed by atoms with Crippen LogP contribution in [0.15, 0.2) is 48.5 Å². The van der Waals surface area contributed by atoms with Gasteiger partial charge in [0.1, 0.15) is 75.4 Å². The number of ether oxygens (including phenoxy) is 24. The zero-order valence-corrected chi connectivity index (χ0v) is 78.9. The minimum absolute atomic E-state index is 0.279. The number of benzene rings is 4. The Bertz CT molecular complexity index is 4320. The largest absolute Gasteiger partial charge is 0.488 e. The van der Waals surface area contributed by atoms with Crippen LogP contribution in [-0.2, 0) is 75.8 Å². The summed E-state index contributed by atoms with van der Waals surface area (Å²) in [5.74, 6) is 5.10. The Labute approximate surface area is 794 Å². The summed E-state index contributed by atoms with van der Waals surface area (Å²) in [6.07, 6.45) is 0. The predicted molar refractivity (Wildman–Crippen MR) is 505 cm³/mol. The van der Waals surface area contributed by atoms with Gasteiger partial charge in [-0.2, -0.15) is 0 Å². The van der Waals surface area contributed by atoms with Crippen LogP contribution in [0.4, 0.5) is 0 Å². The molecule has 4 saturated heterocycles. The van der Waals surface area contributed by atoms with Crippen LogP contribution in [0, 0.1) is 0 Å². The molecule has 2 N–H and O–H groups in total. The van der Waals surface area contributed by atoms with E-state index >= 15 is 0 Å². The van der Waals surface area contributed by atoms with Gasteiger partial charge in [-0.25, -0.2) is 29.9 Å². The second-order valence-electron chi connectivity index (χ2n) is 34.3. The van der Waals surface area contributed by atoms with E-state index in [4.69, 9.17) is 144 Å². The zero-order valence-electron chi connectivity index (χ0n) is 78.9. The van der Waals surface area contributed by atoms with E-state index in [0.29, 0.717) is 504 Å². The second kappa shape index (κ2) is 54.5. The maximum absolute atomic E-state index is 7.07. The van der Waals surface area contributed by atoms with Crippen LogP contribution in [0.1, 0.15) is 0 Å². The van der Waals surface area contributed by atoms with E-state index in [1.54, 1.807) is 0 Å². The highest BCUT2D eigenvalue weighted by atomic mass is 16.6. The molecule has 40 nitrogen and oxygen atoms in total. The normalized spacial score (nSPS) is 25.5. The van der Waals surface area contributed by atoms with Gasteiger partial charge in [0, 0.05) is 201 Å². The van der Waals surface area contributed by atoms with E-state index in [2.05, 4.69) is 49.2 Å². The van der Waals surface area contributed by atoms with Crippen molar-refractivity contribution in [2.45, 2.75) is 0 Å². The van der Waals surface area contributed by atoms with Gasteiger partial charge in [-0.05, 0) is 48.5 Å². The number of H-pyrrole nitrogens is 2. The molecule has 0 radical (unpaired) electrons. The summed E-state index contributed by atoms with van der Waals surface area (Å²) in [5, 5.41) is 2.56. The SMILES string of the molecule is c1c2c(cc3c1-c1nc-3nc3[nH]c(nc4nc(nc5[nH]c(n1)c1cc6c(cc51)OCCN1CCOCCOCCN(CCOCCOCC1)CCO6)-c1cc5c(cc1-4)OCCN1CCOCCOCCN(CCOCCOCC1)CCO5)c1cc4c(cc31)OCCN1CCOCCOCCN(CCOCCOCC1)CCO4)OCCN1CCOCCOCCN(CCOCCOCC1)CCO2. The molecule has 136 heavy (non-hydrogen) atoms. The molecule has 746 valence electrons. The van der Waals surface area contributed by atoms with Crippen molar-refractivity contribution in [1.29, 1.82) is 0 Å². The van der Waals surface area contributed by atoms with Gasteiger partial charge in [-0.1, -0.05) is 0 Å². The standard InChI is InChI=1S/C96H138N16O24/c1-25-113-49-50-115-27-3-106-4-28-116-52-51-114-26-2-105(1)17-41-129-81-65-73-74(66-82(81)130-42-18-106)90-97-89(73)101-91-75-67-83-84(132-44-20-108-7-31-119-55-53-117-29-5-107(19-43-131-83)6-30-118-54-56-120-32-8-108)68-76(75)93(98-91)103-95-79-71-87-88(136-48-24-112-15-39-127-63-61-125-37-13-111(23-47-135-87)14-38-126-62-64-128-40-16-112)72-80(79)96(100-95)104-94-78-70-86-85(69-77(78)92(99-94)102-90)133-45-21-109-9-33-121-57-59-123-35-11-110(22-46-134-86)12-36-124-60-58-122-34-10-109/h65-72H,1-64H2,(H2,97,98,99,100,101,102,103,104). The molecule has 0 atom stereocenters. The van der Waals surface area contributed by atoms with E-state index in [0.717, 1.165) is 0 Å². The van der Waals surface area contributed by atoms with Gasteiger partial charge < -0.3 is 124 Å². The van der Waals surface area contributed by atoms with E-state index in [1.165, 1.54) is 0 Å². The minimum atomic E-state index is 0.279. The summed E-state index contributed by atoms with van der Waals surface area (Å²) in [7, 11) is 0. The topological polar surface area (TPSA) is 356 Å². The quantitative estimate of drug-likeness (QED) is 0.208. The van der Waals surface area contributed by atoms with Gasteiger partial charge in [0.25, 0.3) is 0 Å². The van der Waals surface area contributed by atoms with Crippen molar-refractivity contribution in [1.82, 2.24) is 79.1 Å². The van der Waals surface area contributed by atoms with E-state index in [-0.39, 0.29) is 52.9 Å². The van der Waals surface area contributed by atoms with E-state index < -0.39 is 0 Å². The molecule has 0 amide bonds. The smallest absolute Gasteiger partial charge is 0.164 e. The van der Waals surface area contributed by atoms with Crippen LogP contribution in [-0.4, -0.2) is 500 Å². The van der Waals surface area contributed by atoms with Crippen molar-refractivity contribution in [2.24, 2.45) is 0 Å². The monoisotopic (exact) mass is 1900 g/mol. The first kappa shape index (κ1) is 99.3. The van der Waals surface area contributed by atoms with Crippen LogP contribution in [0.2, 0.25) is 0 Å². The van der Waals surface area contributed by atoms with E-state index in [9.17, 15) is 0 Å². The highest BCUT2D eigenvalue weighted by Gasteiger charge is 2.31. The summed E-state index contributed by atoms with van der Waals surface area (Å²) in [4.78, 5) is 59.9. The molecule has 40 heteroatoms. The highest BCUT2D eigenvalue weighted by molar-refractivity contribution is 6.08. The van der Waals surface area contributed by atoms with Crippen molar-refractivity contribution in [3.05, 3.63) is 48.5 Å². The molecule has 16 bridgehead atoms. The zero-order chi connectivity index (χ0) is 92.0. The molecular weight excluding hydrogens is 1760 g/mol. The lowest BCUT2D eigenvalue weighted by Crippen LogP contribution is -2.36. The minimum Gasteiger partial charge on any atom is -0.488 e. The van der Waals surface area contributed by atoms with E-state index in [1.807, 2.05) is 48.5 Å². The Morgan fingerprint density at radius 1 is 0.147 bits per heavy atom. The molecule has 0 saturated carbocycles. The Kier molecular flexibility index (Phi) is 39.7. The van der Waals surface area contributed by atoms with Crippen LogP contribution < -0.4 is 37.9 Å². The van der Waals surface area contributed by atoms with Crippen molar-refractivity contribution in [3.63, 3.8) is 0 Å². The summed E-state index contributed by atoms with van der Waals surface area (Å²) in [6, 6.07) is 15.9. The van der Waals surface area contributed by atoms with Gasteiger partial charge in [-0.3, -0.25) is 39.2 Å². The van der Waals surface area contributed by atoms with Crippen molar-refractivity contribution < 1.29 is 114 Å². The third-order valence-electron chi connectivity index (χ3n) is 25.2. The van der Waals surface area contributed by atoms with Crippen LogP contribution in [0.25, 0.3) is 89.7 Å². The van der Waals surface area contributed by atoms with Crippen LogP contribution in [0.5, 0.6) is 46.0 Å². The molecule has 3 aromatic heterocycles. The van der Waals surface area contributed by atoms with Crippen molar-refractivity contribution in [2.75, 3.05) is 421 Å². The lowest BCUT2D eigenvalue weighted by Gasteiger charge is -2.25. The second-order valence-corrected chi connectivity index (χ2v) is 34.3. The molecule has 14 aliphatic heterocycles. The lowest BCUT2D eigenvalue weighted by atomic mass is 10.1. The van der Waals surface area contributed by atoms with Gasteiger partial charge in [0.15, 0.2) is 69.3 Å². The Morgan fingerprint density at radius 2 is 0.272 bits per heavy atom. The number of hydrogen-bond donors (Lipinski definition) is 2. The molecule has 0 aliphatic carbocycles. The fourth-order valence-corrected chi connectivity index (χ4v) is 17.4.